The Balaban J connectivity index is 1.95. The Bertz CT molecular complexity index is 844. The van der Waals surface area contributed by atoms with Crippen molar-refractivity contribution in [2.45, 2.75) is 19.9 Å². The first-order chi connectivity index (χ1) is 10.1. The van der Waals surface area contributed by atoms with Crippen LogP contribution in [-0.2, 0) is 0 Å². The normalized spacial score (nSPS) is 11.2. The second-order valence-corrected chi connectivity index (χ2v) is 6.89. The Hall–Kier alpha value is -1.92. The maximum atomic E-state index is 12.0. The van der Waals surface area contributed by atoms with E-state index in [0.717, 1.165) is 10.2 Å². The van der Waals surface area contributed by atoms with Crippen LogP contribution < -0.4 is 10.2 Å². The van der Waals surface area contributed by atoms with Gasteiger partial charge in [0.05, 0.1) is 15.1 Å². The van der Waals surface area contributed by atoms with E-state index < -0.39 is 0 Å². The van der Waals surface area contributed by atoms with E-state index in [1.807, 2.05) is 43.5 Å². The van der Waals surface area contributed by atoms with Crippen molar-refractivity contribution in [1.29, 1.82) is 0 Å². The average Bonchev–Trinajstić information content (AvgIpc) is 3.04. The molecule has 2 heterocycles. The van der Waals surface area contributed by atoms with Crippen LogP contribution in [0.5, 0.6) is 0 Å². The summed E-state index contributed by atoms with van der Waals surface area (Å²) in [4.78, 5) is 24.7. The Morgan fingerprint density at radius 3 is 2.76 bits per heavy atom. The predicted octanol–water partition coefficient (Wildman–Crippen LogP) is 3.96. The van der Waals surface area contributed by atoms with Gasteiger partial charge in [0.1, 0.15) is 0 Å². The third kappa shape index (κ3) is 2.64. The third-order valence-electron chi connectivity index (χ3n) is 3.13. The molecule has 6 heteroatoms. The number of thiophene rings is 1. The fraction of sp³-hybridized carbons (Fsp3) is 0.200. The van der Waals surface area contributed by atoms with E-state index >= 15 is 0 Å². The van der Waals surface area contributed by atoms with E-state index in [-0.39, 0.29) is 16.8 Å². The van der Waals surface area contributed by atoms with Crippen LogP contribution in [0.15, 0.2) is 40.5 Å². The van der Waals surface area contributed by atoms with E-state index in [0.29, 0.717) is 10.6 Å². The van der Waals surface area contributed by atoms with Gasteiger partial charge < -0.3 is 5.32 Å². The molecular formula is C15H14N2O2S2. The van der Waals surface area contributed by atoms with Gasteiger partial charge in [-0.05, 0) is 43.5 Å². The molecule has 21 heavy (non-hydrogen) atoms. The van der Waals surface area contributed by atoms with Crippen LogP contribution in [0.25, 0.3) is 10.2 Å². The number of fused-ring (bicyclic) bond motifs is 1. The zero-order chi connectivity index (χ0) is 15.0. The van der Waals surface area contributed by atoms with Gasteiger partial charge in [0.25, 0.3) is 5.91 Å². The van der Waals surface area contributed by atoms with Gasteiger partial charge >= 0.3 is 4.87 Å². The molecule has 0 spiro atoms. The molecule has 108 valence electrons. The summed E-state index contributed by atoms with van der Waals surface area (Å²) in [6.07, 6.45) is 0. The lowest BCUT2D eigenvalue weighted by molar-refractivity contribution is 0.103. The van der Waals surface area contributed by atoms with Crippen LogP contribution in [0.1, 0.15) is 29.6 Å². The van der Waals surface area contributed by atoms with Crippen LogP contribution in [0.3, 0.4) is 0 Å². The molecule has 0 aliphatic rings. The van der Waals surface area contributed by atoms with E-state index in [4.69, 9.17) is 0 Å². The maximum Gasteiger partial charge on any atom is 0.308 e. The Morgan fingerprint density at radius 2 is 2.10 bits per heavy atom. The van der Waals surface area contributed by atoms with Gasteiger partial charge in [0.15, 0.2) is 0 Å². The molecule has 0 unspecified atom stereocenters. The average molecular weight is 318 g/mol. The smallest absolute Gasteiger partial charge is 0.308 e. The van der Waals surface area contributed by atoms with Crippen LogP contribution in [0.4, 0.5) is 5.69 Å². The number of nitrogens with zero attached hydrogens (tertiary/aromatic N) is 1. The molecule has 2 aromatic heterocycles. The number of benzene rings is 1. The topological polar surface area (TPSA) is 51.1 Å². The summed E-state index contributed by atoms with van der Waals surface area (Å²) in [6, 6.07) is 9.32. The first-order valence-corrected chi connectivity index (χ1v) is 8.26. The quantitative estimate of drug-likeness (QED) is 0.795. The highest BCUT2D eigenvalue weighted by Crippen LogP contribution is 2.24. The molecule has 0 aliphatic heterocycles. The molecule has 0 fully saturated rings. The lowest BCUT2D eigenvalue weighted by Crippen LogP contribution is -2.14. The van der Waals surface area contributed by atoms with Crippen molar-refractivity contribution in [3.63, 3.8) is 0 Å². The summed E-state index contributed by atoms with van der Waals surface area (Å²) in [7, 11) is 0. The summed E-state index contributed by atoms with van der Waals surface area (Å²) in [5.74, 6) is -0.125. The molecule has 0 saturated carbocycles. The van der Waals surface area contributed by atoms with Gasteiger partial charge in [-0.1, -0.05) is 17.4 Å². The lowest BCUT2D eigenvalue weighted by atomic mass is 10.2. The number of thiazole rings is 1. The van der Waals surface area contributed by atoms with E-state index in [1.165, 1.54) is 22.7 Å². The van der Waals surface area contributed by atoms with Crippen LogP contribution in [0.2, 0.25) is 0 Å². The van der Waals surface area contributed by atoms with Crippen molar-refractivity contribution in [3.05, 3.63) is 50.3 Å². The van der Waals surface area contributed by atoms with E-state index in [2.05, 4.69) is 5.32 Å². The Kier molecular flexibility index (Phi) is 3.65. The van der Waals surface area contributed by atoms with Crippen molar-refractivity contribution < 1.29 is 4.79 Å². The molecule has 3 rings (SSSR count). The number of hydrogen-bond acceptors (Lipinski definition) is 4. The lowest BCUT2D eigenvalue weighted by Gasteiger charge is -2.08. The number of amides is 1. The Morgan fingerprint density at radius 1 is 1.29 bits per heavy atom. The number of carbonyl (C=O) groups is 1. The van der Waals surface area contributed by atoms with Gasteiger partial charge in [-0.2, -0.15) is 0 Å². The number of nitrogens with one attached hydrogen (secondary N) is 1. The molecule has 1 aromatic carbocycles. The minimum absolute atomic E-state index is 0.0294. The van der Waals surface area contributed by atoms with Crippen molar-refractivity contribution >= 4 is 44.5 Å². The highest BCUT2D eigenvalue weighted by atomic mass is 32.1. The Labute approximate surface area is 129 Å². The fourth-order valence-electron chi connectivity index (χ4n) is 2.20. The number of anilines is 1. The highest BCUT2D eigenvalue weighted by Gasteiger charge is 2.12. The predicted molar refractivity (Wildman–Crippen MR) is 88.7 cm³/mol. The number of aromatic nitrogens is 1. The van der Waals surface area contributed by atoms with E-state index in [9.17, 15) is 9.59 Å². The second kappa shape index (κ2) is 5.46. The molecule has 1 amide bonds. The molecule has 0 radical (unpaired) electrons. The zero-order valence-corrected chi connectivity index (χ0v) is 13.3. The van der Waals surface area contributed by atoms with Gasteiger partial charge in [-0.3, -0.25) is 14.2 Å². The van der Waals surface area contributed by atoms with E-state index in [1.54, 1.807) is 10.6 Å². The first kappa shape index (κ1) is 14.0. The van der Waals surface area contributed by atoms with Gasteiger partial charge in [-0.25, -0.2) is 0 Å². The molecule has 0 atom stereocenters. The SMILES string of the molecule is CC(C)n1c(=O)sc2cc(NC(=O)c3cccs3)ccc21. The van der Waals surface area contributed by atoms with Crippen LogP contribution in [-0.4, -0.2) is 10.5 Å². The largest absolute Gasteiger partial charge is 0.321 e. The minimum Gasteiger partial charge on any atom is -0.321 e. The zero-order valence-electron chi connectivity index (χ0n) is 11.6. The minimum atomic E-state index is -0.125. The standard InChI is InChI=1S/C15H14N2O2S2/c1-9(2)17-11-6-5-10(8-13(11)21-15(17)19)16-14(18)12-4-3-7-20-12/h3-9H,1-2H3,(H,16,18). The first-order valence-electron chi connectivity index (χ1n) is 6.56. The third-order valence-corrected chi connectivity index (χ3v) is 4.92. The molecule has 1 N–H and O–H groups in total. The van der Waals surface area contributed by atoms with Crippen LogP contribution >= 0.6 is 22.7 Å². The summed E-state index contributed by atoms with van der Waals surface area (Å²) < 4.78 is 2.66. The molecule has 0 aliphatic carbocycles. The highest BCUT2D eigenvalue weighted by molar-refractivity contribution is 7.16. The molecular weight excluding hydrogens is 304 g/mol. The van der Waals surface area contributed by atoms with Crippen molar-refractivity contribution in [1.82, 2.24) is 4.57 Å². The summed E-state index contributed by atoms with van der Waals surface area (Å²) in [5.41, 5.74) is 1.62. The van der Waals surface area contributed by atoms with Crippen molar-refractivity contribution in [2.24, 2.45) is 0 Å². The molecule has 4 nitrogen and oxygen atoms in total. The molecule has 3 aromatic rings. The summed E-state index contributed by atoms with van der Waals surface area (Å²) >= 11 is 2.61. The molecule has 0 saturated heterocycles. The maximum absolute atomic E-state index is 12.0. The summed E-state index contributed by atoms with van der Waals surface area (Å²) in [6.45, 7) is 3.97. The molecule has 0 bridgehead atoms. The monoisotopic (exact) mass is 318 g/mol. The van der Waals surface area contributed by atoms with Gasteiger partial charge in [0.2, 0.25) is 0 Å². The number of carbonyl (C=O) groups excluding carboxylic acids is 1. The van der Waals surface area contributed by atoms with Crippen molar-refractivity contribution in [3.8, 4) is 0 Å². The van der Waals surface area contributed by atoms with Gasteiger partial charge in [-0.15, -0.1) is 11.3 Å². The fourth-order valence-corrected chi connectivity index (χ4v) is 3.88. The summed E-state index contributed by atoms with van der Waals surface area (Å²) in [5, 5.41) is 4.73. The number of hydrogen-bond donors (Lipinski definition) is 1. The van der Waals surface area contributed by atoms with Gasteiger partial charge in [0, 0.05) is 11.7 Å². The second-order valence-electron chi connectivity index (χ2n) is 4.95. The van der Waals surface area contributed by atoms with Crippen molar-refractivity contribution in [2.75, 3.05) is 5.32 Å². The van der Waals surface area contributed by atoms with Crippen LogP contribution in [0, 0.1) is 0 Å². The number of rotatable bonds is 3.